The molecule has 1 aliphatic rings. The number of anilines is 1. The van der Waals surface area contributed by atoms with Gasteiger partial charge in [0.1, 0.15) is 5.76 Å². The average Bonchev–Trinajstić information content (AvgIpc) is 2.75. The fourth-order valence-corrected chi connectivity index (χ4v) is 2.10. The van der Waals surface area contributed by atoms with Crippen molar-refractivity contribution in [1.29, 1.82) is 0 Å². The quantitative estimate of drug-likeness (QED) is 0.839. The third kappa shape index (κ3) is 3.70. The van der Waals surface area contributed by atoms with Crippen LogP contribution in [0.2, 0.25) is 0 Å². The van der Waals surface area contributed by atoms with Crippen LogP contribution in [0.3, 0.4) is 0 Å². The van der Waals surface area contributed by atoms with Gasteiger partial charge in [0.05, 0.1) is 0 Å². The number of likely N-dealkylation sites (tertiary alicyclic amines) is 1. The second-order valence-corrected chi connectivity index (χ2v) is 4.70. The van der Waals surface area contributed by atoms with Crippen molar-refractivity contribution in [3.8, 4) is 0 Å². The van der Waals surface area contributed by atoms with Crippen LogP contribution in [-0.2, 0) is 4.79 Å². The van der Waals surface area contributed by atoms with Crippen molar-refractivity contribution >= 4 is 17.8 Å². The molecule has 0 unspecified atom stereocenters. The number of nitrogens with zero attached hydrogens (tertiary/aromatic N) is 2. The molecular formula is C12H18N4O3. The lowest BCUT2D eigenvalue weighted by atomic mass is 10.1. The van der Waals surface area contributed by atoms with E-state index < -0.39 is 0 Å². The summed E-state index contributed by atoms with van der Waals surface area (Å²) in [4.78, 5) is 24.7. The van der Waals surface area contributed by atoms with E-state index in [1.165, 1.54) is 0 Å². The maximum atomic E-state index is 11.7. The highest BCUT2D eigenvalue weighted by molar-refractivity contribution is 5.88. The maximum Gasteiger partial charge on any atom is 0.320 e. The van der Waals surface area contributed by atoms with Gasteiger partial charge in [-0.15, -0.1) is 0 Å². The van der Waals surface area contributed by atoms with Crippen LogP contribution in [0.5, 0.6) is 0 Å². The van der Waals surface area contributed by atoms with Gasteiger partial charge in [-0.3, -0.25) is 10.1 Å². The lowest BCUT2D eigenvalue weighted by molar-refractivity contribution is -0.129. The van der Waals surface area contributed by atoms with Crippen molar-refractivity contribution in [3.05, 3.63) is 11.8 Å². The number of carbonyl (C=O) groups excluding carboxylic acids is 2. The van der Waals surface area contributed by atoms with Gasteiger partial charge < -0.3 is 14.7 Å². The molecule has 0 saturated carbocycles. The molecule has 2 heterocycles. The first kappa shape index (κ1) is 13.4. The molecule has 7 nitrogen and oxygen atoms in total. The molecule has 0 spiro atoms. The van der Waals surface area contributed by atoms with E-state index in [0.717, 1.165) is 12.8 Å². The second-order valence-electron chi connectivity index (χ2n) is 4.70. The Morgan fingerprint density at radius 1 is 1.42 bits per heavy atom. The molecule has 0 bridgehead atoms. The predicted octanol–water partition coefficient (Wildman–Crippen LogP) is 1.12. The number of amides is 3. The molecule has 104 valence electrons. The largest absolute Gasteiger partial charge is 0.360 e. The number of aryl methyl sites for hydroxylation is 1. The Labute approximate surface area is 111 Å². The molecule has 1 fully saturated rings. The van der Waals surface area contributed by atoms with Crippen molar-refractivity contribution in [2.24, 2.45) is 0 Å². The number of hydrogen-bond donors (Lipinski definition) is 2. The highest BCUT2D eigenvalue weighted by atomic mass is 16.5. The van der Waals surface area contributed by atoms with Gasteiger partial charge in [-0.1, -0.05) is 5.16 Å². The minimum absolute atomic E-state index is 0.0842. The highest BCUT2D eigenvalue weighted by Crippen LogP contribution is 2.11. The van der Waals surface area contributed by atoms with E-state index in [9.17, 15) is 9.59 Å². The summed E-state index contributed by atoms with van der Waals surface area (Å²) in [5, 5.41) is 9.16. The van der Waals surface area contributed by atoms with Crippen molar-refractivity contribution < 1.29 is 14.1 Å². The van der Waals surface area contributed by atoms with Crippen LogP contribution in [0.15, 0.2) is 10.6 Å². The minimum atomic E-state index is -0.297. The Hall–Kier alpha value is -2.05. The van der Waals surface area contributed by atoms with Crippen molar-refractivity contribution in [2.75, 3.05) is 18.4 Å². The Kier molecular flexibility index (Phi) is 4.03. The summed E-state index contributed by atoms with van der Waals surface area (Å²) in [6.45, 7) is 4.69. The van der Waals surface area contributed by atoms with E-state index in [4.69, 9.17) is 4.52 Å². The zero-order valence-electron chi connectivity index (χ0n) is 11.1. The van der Waals surface area contributed by atoms with Gasteiger partial charge in [0.25, 0.3) is 0 Å². The first-order valence-electron chi connectivity index (χ1n) is 6.31. The molecule has 3 amide bonds. The molecule has 1 aromatic heterocycles. The third-order valence-electron chi connectivity index (χ3n) is 3.15. The van der Waals surface area contributed by atoms with Gasteiger partial charge in [-0.25, -0.2) is 4.79 Å². The maximum absolute atomic E-state index is 11.7. The van der Waals surface area contributed by atoms with E-state index in [2.05, 4.69) is 15.8 Å². The lowest BCUT2D eigenvalue weighted by Gasteiger charge is -2.31. The molecule has 2 rings (SSSR count). The molecule has 1 aliphatic heterocycles. The predicted molar refractivity (Wildman–Crippen MR) is 68.7 cm³/mol. The Morgan fingerprint density at radius 2 is 2.11 bits per heavy atom. The normalized spacial score (nSPS) is 16.2. The summed E-state index contributed by atoms with van der Waals surface area (Å²) < 4.78 is 4.86. The van der Waals surface area contributed by atoms with Crippen LogP contribution < -0.4 is 10.6 Å². The molecule has 0 aliphatic carbocycles. The Morgan fingerprint density at radius 3 is 2.63 bits per heavy atom. The van der Waals surface area contributed by atoms with Crippen molar-refractivity contribution in [3.63, 3.8) is 0 Å². The number of aromatic nitrogens is 1. The molecule has 0 radical (unpaired) electrons. The second kappa shape index (κ2) is 5.73. The van der Waals surface area contributed by atoms with Gasteiger partial charge >= 0.3 is 6.03 Å². The van der Waals surface area contributed by atoms with Crippen molar-refractivity contribution in [2.45, 2.75) is 32.7 Å². The van der Waals surface area contributed by atoms with E-state index in [0.29, 0.717) is 24.7 Å². The third-order valence-corrected chi connectivity index (χ3v) is 3.15. The molecular weight excluding hydrogens is 248 g/mol. The standard InChI is InChI=1S/C12H18N4O3/c1-8-7-11(15-19-8)14-12(18)13-10-3-5-16(6-4-10)9(2)17/h7,10H,3-6H2,1-2H3,(H2,13,14,15,18). The minimum Gasteiger partial charge on any atom is -0.360 e. The van der Waals surface area contributed by atoms with Crippen LogP contribution in [0.4, 0.5) is 10.6 Å². The van der Waals surface area contributed by atoms with E-state index in [1.807, 2.05) is 0 Å². The molecule has 0 aromatic carbocycles. The van der Waals surface area contributed by atoms with Gasteiger partial charge in [-0.05, 0) is 19.8 Å². The van der Waals surface area contributed by atoms with E-state index >= 15 is 0 Å². The molecule has 1 aromatic rings. The van der Waals surface area contributed by atoms with Gasteiger partial charge in [0.2, 0.25) is 5.91 Å². The molecule has 7 heteroatoms. The first-order valence-corrected chi connectivity index (χ1v) is 6.31. The first-order chi connectivity index (χ1) is 9.04. The fraction of sp³-hybridized carbons (Fsp3) is 0.583. The summed E-state index contributed by atoms with van der Waals surface area (Å²) in [5.41, 5.74) is 0. The van der Waals surface area contributed by atoms with E-state index in [1.54, 1.807) is 24.8 Å². The zero-order chi connectivity index (χ0) is 13.8. The Balaban J connectivity index is 1.76. The monoisotopic (exact) mass is 266 g/mol. The summed E-state index contributed by atoms with van der Waals surface area (Å²) in [7, 11) is 0. The average molecular weight is 266 g/mol. The summed E-state index contributed by atoms with van der Waals surface area (Å²) in [6.07, 6.45) is 1.54. The number of nitrogens with one attached hydrogen (secondary N) is 2. The van der Waals surface area contributed by atoms with Crippen LogP contribution >= 0.6 is 0 Å². The number of rotatable bonds is 2. The molecule has 0 atom stereocenters. The number of carbonyl (C=O) groups is 2. The molecule has 2 N–H and O–H groups in total. The number of piperidine rings is 1. The summed E-state index contributed by atoms with van der Waals surface area (Å²) in [5.74, 6) is 1.13. The topological polar surface area (TPSA) is 87.5 Å². The zero-order valence-corrected chi connectivity index (χ0v) is 11.1. The fourth-order valence-electron chi connectivity index (χ4n) is 2.10. The van der Waals surface area contributed by atoms with Crippen molar-refractivity contribution in [1.82, 2.24) is 15.4 Å². The smallest absolute Gasteiger partial charge is 0.320 e. The summed E-state index contributed by atoms with van der Waals surface area (Å²) in [6, 6.07) is 1.44. The Bertz CT molecular complexity index is 463. The van der Waals surface area contributed by atoms with E-state index in [-0.39, 0.29) is 18.0 Å². The van der Waals surface area contributed by atoms with Gasteiger partial charge in [-0.2, -0.15) is 0 Å². The van der Waals surface area contributed by atoms with Crippen LogP contribution in [-0.4, -0.2) is 41.1 Å². The van der Waals surface area contributed by atoms with Crippen LogP contribution in [0.25, 0.3) is 0 Å². The lowest BCUT2D eigenvalue weighted by Crippen LogP contribution is -2.47. The summed E-state index contributed by atoms with van der Waals surface area (Å²) >= 11 is 0. The number of urea groups is 1. The number of hydrogen-bond acceptors (Lipinski definition) is 4. The van der Waals surface area contributed by atoms with Crippen LogP contribution in [0, 0.1) is 6.92 Å². The highest BCUT2D eigenvalue weighted by Gasteiger charge is 2.22. The van der Waals surface area contributed by atoms with Crippen LogP contribution in [0.1, 0.15) is 25.5 Å². The molecule has 1 saturated heterocycles. The van der Waals surface area contributed by atoms with Gasteiger partial charge in [0.15, 0.2) is 5.82 Å². The van der Waals surface area contributed by atoms with Gasteiger partial charge in [0, 0.05) is 32.1 Å². The molecule has 19 heavy (non-hydrogen) atoms. The SMILES string of the molecule is CC(=O)N1CCC(NC(=O)Nc2cc(C)on2)CC1.